The van der Waals surface area contributed by atoms with Crippen LogP contribution in [0.15, 0.2) is 30.9 Å². The van der Waals surface area contributed by atoms with E-state index in [1.807, 2.05) is 13.0 Å². The number of hydrogen-bond acceptors (Lipinski definition) is 2. The van der Waals surface area contributed by atoms with E-state index in [0.29, 0.717) is 12.8 Å². The number of phenolic OH excluding ortho intramolecular Hbond substituents is 1. The molecule has 0 bridgehead atoms. The molecule has 1 unspecified atom stereocenters. The summed E-state index contributed by atoms with van der Waals surface area (Å²) in [6, 6.07) is 5.25. The molecule has 1 aromatic carbocycles. The lowest BCUT2D eigenvalue weighted by molar-refractivity contribution is -0.110. The minimum atomic E-state index is -0.0494. The number of aromatic hydroxyl groups is 1. The summed E-state index contributed by atoms with van der Waals surface area (Å²) in [7, 11) is 0. The van der Waals surface area contributed by atoms with Gasteiger partial charge in [0.1, 0.15) is 5.75 Å². The lowest BCUT2D eigenvalue weighted by Gasteiger charge is -2.12. The molecule has 3 heteroatoms. The minimum Gasteiger partial charge on any atom is -0.508 e. The highest BCUT2D eigenvalue weighted by atomic mass is 16.3. The van der Waals surface area contributed by atoms with Crippen LogP contribution in [0.25, 0.3) is 0 Å². The molecule has 0 spiro atoms. The number of allylic oxidation sites excluding steroid dienone is 1. The summed E-state index contributed by atoms with van der Waals surface area (Å²) in [4.78, 5) is 10.3. The van der Waals surface area contributed by atoms with Crippen molar-refractivity contribution in [1.29, 1.82) is 0 Å². The maximum Gasteiger partial charge on any atom is 0.207 e. The molecule has 3 nitrogen and oxygen atoms in total. The zero-order valence-corrected chi connectivity index (χ0v) is 8.73. The summed E-state index contributed by atoms with van der Waals surface area (Å²) < 4.78 is 0. The number of phenols is 1. The largest absolute Gasteiger partial charge is 0.508 e. The van der Waals surface area contributed by atoms with Gasteiger partial charge in [0.05, 0.1) is 6.04 Å². The first kappa shape index (κ1) is 11.3. The maximum atomic E-state index is 10.3. The van der Waals surface area contributed by atoms with Crippen molar-refractivity contribution in [2.75, 3.05) is 0 Å². The first-order chi connectivity index (χ1) is 7.19. The molecule has 2 N–H and O–H groups in total. The SMILES string of the molecule is C=CCc1cc(C(C)NC=O)ccc1O. The summed E-state index contributed by atoms with van der Waals surface area (Å²) in [6.07, 6.45) is 3.02. The summed E-state index contributed by atoms with van der Waals surface area (Å²) >= 11 is 0. The number of hydrogen-bond donors (Lipinski definition) is 2. The number of carbonyl (C=O) groups excluding carboxylic acids is 1. The van der Waals surface area contributed by atoms with E-state index in [-0.39, 0.29) is 11.8 Å². The van der Waals surface area contributed by atoms with E-state index < -0.39 is 0 Å². The second kappa shape index (κ2) is 5.20. The van der Waals surface area contributed by atoms with E-state index in [0.717, 1.165) is 11.1 Å². The second-order valence-corrected chi connectivity index (χ2v) is 3.39. The van der Waals surface area contributed by atoms with Crippen LogP contribution in [0.4, 0.5) is 0 Å². The Balaban J connectivity index is 2.95. The predicted octanol–water partition coefficient (Wildman–Crippen LogP) is 1.93. The van der Waals surface area contributed by atoms with Gasteiger partial charge in [-0.15, -0.1) is 6.58 Å². The van der Waals surface area contributed by atoms with Gasteiger partial charge < -0.3 is 10.4 Å². The van der Waals surface area contributed by atoms with Crippen molar-refractivity contribution in [3.05, 3.63) is 42.0 Å². The maximum absolute atomic E-state index is 10.3. The number of amides is 1. The highest BCUT2D eigenvalue weighted by Gasteiger charge is 2.06. The van der Waals surface area contributed by atoms with Crippen LogP contribution in [0.1, 0.15) is 24.1 Å². The Morgan fingerprint density at radius 2 is 2.33 bits per heavy atom. The first-order valence-electron chi connectivity index (χ1n) is 4.81. The molecule has 0 aromatic heterocycles. The van der Waals surface area contributed by atoms with E-state index in [9.17, 15) is 9.90 Å². The van der Waals surface area contributed by atoms with E-state index in [2.05, 4.69) is 11.9 Å². The molecule has 0 aliphatic carbocycles. The van der Waals surface area contributed by atoms with E-state index in [4.69, 9.17) is 0 Å². The summed E-state index contributed by atoms with van der Waals surface area (Å²) in [5.41, 5.74) is 1.79. The average molecular weight is 205 g/mol. The van der Waals surface area contributed by atoms with Crippen molar-refractivity contribution in [2.45, 2.75) is 19.4 Å². The Labute approximate surface area is 89.4 Å². The van der Waals surface area contributed by atoms with E-state index in [1.54, 1.807) is 18.2 Å². The van der Waals surface area contributed by atoms with Gasteiger partial charge in [0.15, 0.2) is 0 Å². The Morgan fingerprint density at radius 1 is 1.60 bits per heavy atom. The van der Waals surface area contributed by atoms with Crippen LogP contribution in [-0.4, -0.2) is 11.5 Å². The van der Waals surface area contributed by atoms with Gasteiger partial charge in [-0.2, -0.15) is 0 Å². The van der Waals surface area contributed by atoms with Gasteiger partial charge in [-0.3, -0.25) is 4.79 Å². The van der Waals surface area contributed by atoms with Crippen molar-refractivity contribution in [3.8, 4) is 5.75 Å². The Hall–Kier alpha value is -1.77. The van der Waals surface area contributed by atoms with Crippen LogP contribution in [0.3, 0.4) is 0 Å². The van der Waals surface area contributed by atoms with E-state index >= 15 is 0 Å². The predicted molar refractivity (Wildman–Crippen MR) is 59.6 cm³/mol. The molecule has 1 aromatic rings. The van der Waals surface area contributed by atoms with Crippen LogP contribution < -0.4 is 5.32 Å². The molecule has 15 heavy (non-hydrogen) atoms. The third kappa shape index (κ3) is 2.84. The van der Waals surface area contributed by atoms with Crippen molar-refractivity contribution >= 4 is 6.41 Å². The molecule has 1 rings (SSSR count). The van der Waals surface area contributed by atoms with Gasteiger partial charge >= 0.3 is 0 Å². The molecule has 80 valence electrons. The third-order valence-corrected chi connectivity index (χ3v) is 2.29. The second-order valence-electron chi connectivity index (χ2n) is 3.39. The standard InChI is InChI=1S/C12H15NO2/c1-3-4-11-7-10(5-6-12(11)15)9(2)13-8-14/h3,5-9,15H,1,4H2,2H3,(H,13,14). The Morgan fingerprint density at radius 3 is 2.93 bits per heavy atom. The Kier molecular flexibility index (Phi) is 3.92. The molecule has 0 saturated heterocycles. The lowest BCUT2D eigenvalue weighted by atomic mass is 10.0. The van der Waals surface area contributed by atoms with Gasteiger partial charge in [-0.1, -0.05) is 12.1 Å². The molecule has 1 amide bonds. The summed E-state index contributed by atoms with van der Waals surface area (Å²) in [5, 5.41) is 12.2. The van der Waals surface area contributed by atoms with Crippen LogP contribution in [-0.2, 0) is 11.2 Å². The molecule has 0 aliphatic rings. The van der Waals surface area contributed by atoms with Crippen LogP contribution >= 0.6 is 0 Å². The molecule has 0 heterocycles. The molecular formula is C12H15NO2. The summed E-state index contributed by atoms with van der Waals surface area (Å²) in [5.74, 6) is 0.261. The molecular weight excluding hydrogens is 190 g/mol. The van der Waals surface area contributed by atoms with Gasteiger partial charge in [0.25, 0.3) is 0 Å². The highest BCUT2D eigenvalue weighted by Crippen LogP contribution is 2.22. The van der Waals surface area contributed by atoms with Crippen molar-refractivity contribution in [2.24, 2.45) is 0 Å². The first-order valence-corrected chi connectivity index (χ1v) is 4.81. The fourth-order valence-corrected chi connectivity index (χ4v) is 1.39. The number of nitrogens with one attached hydrogen (secondary N) is 1. The number of benzene rings is 1. The summed E-state index contributed by atoms with van der Waals surface area (Å²) in [6.45, 7) is 5.51. The van der Waals surface area contributed by atoms with Crippen LogP contribution in [0.5, 0.6) is 5.75 Å². The number of carbonyl (C=O) groups is 1. The smallest absolute Gasteiger partial charge is 0.207 e. The molecule has 0 saturated carbocycles. The van der Waals surface area contributed by atoms with Crippen molar-refractivity contribution in [3.63, 3.8) is 0 Å². The Bertz CT molecular complexity index is 361. The van der Waals surface area contributed by atoms with Gasteiger partial charge in [-0.25, -0.2) is 0 Å². The normalized spacial score (nSPS) is 11.8. The fourth-order valence-electron chi connectivity index (χ4n) is 1.39. The molecule has 0 aliphatic heterocycles. The van der Waals surface area contributed by atoms with E-state index in [1.165, 1.54) is 0 Å². The van der Waals surface area contributed by atoms with Crippen molar-refractivity contribution < 1.29 is 9.90 Å². The van der Waals surface area contributed by atoms with Crippen LogP contribution in [0.2, 0.25) is 0 Å². The third-order valence-electron chi connectivity index (χ3n) is 2.29. The lowest BCUT2D eigenvalue weighted by Crippen LogP contribution is -2.16. The van der Waals surface area contributed by atoms with Gasteiger partial charge in [0.2, 0.25) is 6.41 Å². The topological polar surface area (TPSA) is 49.3 Å². The average Bonchev–Trinajstić information content (AvgIpc) is 2.22. The zero-order chi connectivity index (χ0) is 11.3. The highest BCUT2D eigenvalue weighted by molar-refractivity contribution is 5.48. The quantitative estimate of drug-likeness (QED) is 0.570. The van der Waals surface area contributed by atoms with Gasteiger partial charge in [-0.05, 0) is 36.6 Å². The molecule has 1 atom stereocenters. The zero-order valence-electron chi connectivity index (χ0n) is 8.73. The minimum absolute atomic E-state index is 0.0494. The van der Waals surface area contributed by atoms with Crippen molar-refractivity contribution in [1.82, 2.24) is 5.32 Å². The number of rotatable bonds is 5. The monoisotopic (exact) mass is 205 g/mol. The fraction of sp³-hybridized carbons (Fsp3) is 0.250. The molecule has 0 radical (unpaired) electrons. The van der Waals surface area contributed by atoms with Crippen LogP contribution in [0, 0.1) is 0 Å². The molecule has 0 fully saturated rings. The van der Waals surface area contributed by atoms with Gasteiger partial charge in [0, 0.05) is 0 Å².